The summed E-state index contributed by atoms with van der Waals surface area (Å²) < 4.78 is 5.72. The third-order valence-electron chi connectivity index (χ3n) is 3.20. The number of carbonyl (C=O) groups is 1. The Bertz CT molecular complexity index is 635. The number of hydrogen-bond acceptors (Lipinski definition) is 2. The number of para-hydroxylation sites is 1. The van der Waals surface area contributed by atoms with E-state index in [0.717, 1.165) is 16.9 Å². The van der Waals surface area contributed by atoms with E-state index >= 15 is 0 Å². The SMILES string of the molecule is Cc1ccccc1OC[C@H](C)NC(=O)/C=C/c1ccccc1. The molecule has 0 aromatic heterocycles. The summed E-state index contributed by atoms with van der Waals surface area (Å²) in [4.78, 5) is 11.9. The number of nitrogens with one attached hydrogen (secondary N) is 1. The van der Waals surface area contributed by atoms with E-state index in [2.05, 4.69) is 5.32 Å². The number of carbonyl (C=O) groups excluding carboxylic acids is 1. The summed E-state index contributed by atoms with van der Waals surface area (Å²) in [7, 11) is 0. The van der Waals surface area contributed by atoms with E-state index in [9.17, 15) is 4.79 Å². The first-order valence-electron chi connectivity index (χ1n) is 7.37. The lowest BCUT2D eigenvalue weighted by Gasteiger charge is -2.15. The molecule has 0 saturated carbocycles. The second-order valence-corrected chi connectivity index (χ2v) is 5.23. The van der Waals surface area contributed by atoms with E-state index in [-0.39, 0.29) is 11.9 Å². The molecule has 0 unspecified atom stereocenters. The quantitative estimate of drug-likeness (QED) is 0.827. The highest BCUT2D eigenvalue weighted by Crippen LogP contribution is 2.16. The van der Waals surface area contributed by atoms with Crippen molar-refractivity contribution >= 4 is 12.0 Å². The topological polar surface area (TPSA) is 38.3 Å². The van der Waals surface area contributed by atoms with Gasteiger partial charge in [0.1, 0.15) is 12.4 Å². The predicted octanol–water partition coefficient (Wildman–Crippen LogP) is 3.59. The Hall–Kier alpha value is -2.55. The lowest BCUT2D eigenvalue weighted by atomic mass is 10.2. The zero-order chi connectivity index (χ0) is 15.8. The van der Waals surface area contributed by atoms with Gasteiger partial charge in [-0.1, -0.05) is 48.5 Å². The van der Waals surface area contributed by atoms with Gasteiger partial charge in [0.2, 0.25) is 5.91 Å². The van der Waals surface area contributed by atoms with Crippen molar-refractivity contribution in [3.63, 3.8) is 0 Å². The van der Waals surface area contributed by atoms with E-state index < -0.39 is 0 Å². The van der Waals surface area contributed by atoms with Gasteiger partial charge >= 0.3 is 0 Å². The molecule has 3 heteroatoms. The van der Waals surface area contributed by atoms with Gasteiger partial charge in [0.15, 0.2) is 0 Å². The first-order valence-corrected chi connectivity index (χ1v) is 7.37. The fraction of sp³-hybridized carbons (Fsp3) is 0.211. The van der Waals surface area contributed by atoms with Crippen molar-refractivity contribution in [2.75, 3.05) is 6.61 Å². The number of benzene rings is 2. The van der Waals surface area contributed by atoms with Crippen LogP contribution in [0, 0.1) is 6.92 Å². The van der Waals surface area contributed by atoms with Crippen molar-refractivity contribution in [1.29, 1.82) is 0 Å². The number of rotatable bonds is 6. The molecule has 1 atom stereocenters. The molecule has 114 valence electrons. The lowest BCUT2D eigenvalue weighted by Crippen LogP contribution is -2.35. The summed E-state index contributed by atoms with van der Waals surface area (Å²) in [6, 6.07) is 17.5. The Morgan fingerprint density at radius 3 is 2.55 bits per heavy atom. The normalized spacial score (nSPS) is 12.1. The molecule has 2 rings (SSSR count). The van der Waals surface area contributed by atoms with Gasteiger partial charge in [-0.3, -0.25) is 4.79 Å². The molecule has 0 bridgehead atoms. The van der Waals surface area contributed by atoms with Crippen molar-refractivity contribution in [2.45, 2.75) is 19.9 Å². The van der Waals surface area contributed by atoms with E-state index in [1.54, 1.807) is 12.2 Å². The van der Waals surface area contributed by atoms with Gasteiger partial charge in [0.05, 0.1) is 6.04 Å². The monoisotopic (exact) mass is 295 g/mol. The van der Waals surface area contributed by atoms with Crippen molar-refractivity contribution < 1.29 is 9.53 Å². The second-order valence-electron chi connectivity index (χ2n) is 5.23. The Morgan fingerprint density at radius 2 is 1.82 bits per heavy atom. The van der Waals surface area contributed by atoms with E-state index in [4.69, 9.17) is 4.74 Å². The average molecular weight is 295 g/mol. The van der Waals surface area contributed by atoms with Gasteiger partial charge in [-0.25, -0.2) is 0 Å². The van der Waals surface area contributed by atoms with Crippen molar-refractivity contribution in [2.24, 2.45) is 0 Å². The van der Waals surface area contributed by atoms with Crippen LogP contribution >= 0.6 is 0 Å². The molecular weight excluding hydrogens is 274 g/mol. The van der Waals surface area contributed by atoms with Crippen LogP contribution in [0.5, 0.6) is 5.75 Å². The Kier molecular flexibility index (Phi) is 5.78. The highest BCUT2D eigenvalue weighted by molar-refractivity contribution is 5.91. The first-order chi connectivity index (χ1) is 10.6. The molecular formula is C19H21NO2. The van der Waals surface area contributed by atoms with Crippen LogP contribution < -0.4 is 10.1 Å². The van der Waals surface area contributed by atoms with Gasteiger partial charge in [-0.05, 0) is 37.1 Å². The van der Waals surface area contributed by atoms with Crippen LogP contribution in [-0.2, 0) is 4.79 Å². The second kappa shape index (κ2) is 8.03. The maximum absolute atomic E-state index is 11.9. The molecule has 1 amide bonds. The summed E-state index contributed by atoms with van der Waals surface area (Å²) in [5, 5.41) is 2.89. The van der Waals surface area contributed by atoms with Crippen molar-refractivity contribution in [3.05, 3.63) is 71.8 Å². The summed E-state index contributed by atoms with van der Waals surface area (Å²) in [6.07, 6.45) is 3.34. The van der Waals surface area contributed by atoms with Gasteiger partial charge in [0.25, 0.3) is 0 Å². The predicted molar refractivity (Wildman–Crippen MR) is 89.8 cm³/mol. The smallest absolute Gasteiger partial charge is 0.244 e. The number of hydrogen-bond donors (Lipinski definition) is 1. The standard InChI is InChI=1S/C19H21NO2/c1-15-8-6-7-11-18(15)22-14-16(2)20-19(21)13-12-17-9-4-3-5-10-17/h3-13,16H,14H2,1-2H3,(H,20,21)/b13-12+/t16-/m0/s1. The fourth-order valence-corrected chi connectivity index (χ4v) is 2.00. The number of ether oxygens (including phenoxy) is 1. The molecule has 0 aliphatic rings. The molecule has 0 aliphatic carbocycles. The van der Waals surface area contributed by atoms with Crippen LogP contribution in [0.25, 0.3) is 6.08 Å². The highest BCUT2D eigenvalue weighted by atomic mass is 16.5. The van der Waals surface area contributed by atoms with Crippen LogP contribution in [0.2, 0.25) is 0 Å². The van der Waals surface area contributed by atoms with Gasteiger partial charge in [-0.2, -0.15) is 0 Å². The Balaban J connectivity index is 1.79. The van der Waals surface area contributed by atoms with E-state index in [1.807, 2.05) is 68.4 Å². The highest BCUT2D eigenvalue weighted by Gasteiger charge is 2.06. The van der Waals surface area contributed by atoms with E-state index in [1.165, 1.54) is 0 Å². The van der Waals surface area contributed by atoms with Crippen LogP contribution in [0.1, 0.15) is 18.1 Å². The number of aryl methyl sites for hydroxylation is 1. The fourth-order valence-electron chi connectivity index (χ4n) is 2.00. The Morgan fingerprint density at radius 1 is 1.14 bits per heavy atom. The molecule has 0 fully saturated rings. The molecule has 0 aliphatic heterocycles. The Labute approximate surface area is 131 Å². The molecule has 0 spiro atoms. The third kappa shape index (κ3) is 5.09. The van der Waals surface area contributed by atoms with Crippen molar-refractivity contribution in [3.8, 4) is 5.75 Å². The molecule has 3 nitrogen and oxygen atoms in total. The minimum Gasteiger partial charge on any atom is -0.491 e. The first kappa shape index (κ1) is 15.8. The molecule has 0 saturated heterocycles. The van der Waals surface area contributed by atoms with Crippen LogP contribution in [0.3, 0.4) is 0 Å². The third-order valence-corrected chi connectivity index (χ3v) is 3.20. The molecule has 0 heterocycles. The number of amides is 1. The zero-order valence-corrected chi connectivity index (χ0v) is 13.0. The summed E-state index contributed by atoms with van der Waals surface area (Å²) in [6.45, 7) is 4.36. The maximum Gasteiger partial charge on any atom is 0.244 e. The zero-order valence-electron chi connectivity index (χ0n) is 13.0. The summed E-state index contributed by atoms with van der Waals surface area (Å²) in [5.41, 5.74) is 2.09. The van der Waals surface area contributed by atoms with Crippen molar-refractivity contribution in [1.82, 2.24) is 5.32 Å². The van der Waals surface area contributed by atoms with E-state index in [0.29, 0.717) is 6.61 Å². The molecule has 2 aromatic rings. The lowest BCUT2D eigenvalue weighted by molar-refractivity contribution is -0.117. The molecule has 2 aromatic carbocycles. The summed E-state index contributed by atoms with van der Waals surface area (Å²) in [5.74, 6) is 0.730. The average Bonchev–Trinajstić information content (AvgIpc) is 2.53. The molecule has 1 N–H and O–H groups in total. The summed E-state index contributed by atoms with van der Waals surface area (Å²) >= 11 is 0. The van der Waals surface area contributed by atoms with Gasteiger partial charge < -0.3 is 10.1 Å². The van der Waals surface area contributed by atoms with Gasteiger partial charge in [-0.15, -0.1) is 0 Å². The van der Waals surface area contributed by atoms with Crippen LogP contribution in [0.15, 0.2) is 60.7 Å². The largest absolute Gasteiger partial charge is 0.491 e. The van der Waals surface area contributed by atoms with Crippen LogP contribution in [0.4, 0.5) is 0 Å². The minimum absolute atomic E-state index is 0.0625. The maximum atomic E-state index is 11.9. The van der Waals surface area contributed by atoms with Gasteiger partial charge in [0, 0.05) is 6.08 Å². The minimum atomic E-state index is -0.121. The van der Waals surface area contributed by atoms with Crippen LogP contribution in [-0.4, -0.2) is 18.6 Å². The molecule has 22 heavy (non-hydrogen) atoms. The molecule has 0 radical (unpaired) electrons.